The minimum atomic E-state index is -0.552. The van der Waals surface area contributed by atoms with Gasteiger partial charge in [-0.25, -0.2) is 0 Å². The number of nitrogens with two attached hydrogens (primary N) is 1. The van der Waals surface area contributed by atoms with Gasteiger partial charge >= 0.3 is 0 Å². The summed E-state index contributed by atoms with van der Waals surface area (Å²) in [6.07, 6.45) is -0.552. The highest BCUT2D eigenvalue weighted by atomic mass is 32.2. The summed E-state index contributed by atoms with van der Waals surface area (Å²) >= 11 is 1.83. The Bertz CT molecular complexity index is 327. The van der Waals surface area contributed by atoms with Gasteiger partial charge in [-0.05, 0) is 24.7 Å². The lowest BCUT2D eigenvalue weighted by molar-refractivity contribution is 0.139. The lowest BCUT2D eigenvalue weighted by Crippen LogP contribution is -2.34. The predicted molar refractivity (Wildman–Crippen MR) is 74.3 cm³/mol. The number of benzene rings is 1. The van der Waals surface area contributed by atoms with Crippen LogP contribution in [0.4, 0.5) is 0 Å². The first-order valence-electron chi connectivity index (χ1n) is 5.90. The summed E-state index contributed by atoms with van der Waals surface area (Å²) in [5.41, 5.74) is 6.56. The fourth-order valence-corrected chi connectivity index (χ4v) is 2.58. The van der Waals surface area contributed by atoms with Crippen LogP contribution in [0.25, 0.3) is 0 Å². The normalized spacial score (nSPS) is 14.9. The van der Waals surface area contributed by atoms with Crippen LogP contribution in [-0.2, 0) is 0 Å². The number of thioether (sulfide) groups is 1. The third kappa shape index (κ3) is 4.32. The standard InChI is InChI=1S/C13H22N2OS/c1-9(2)17-11-6-4-10(5-7-11)13(15-3)12(16)8-14/h4-7,9,12-13,15-16H,8,14H2,1-3H3. The van der Waals surface area contributed by atoms with Crippen LogP contribution in [-0.4, -0.2) is 30.1 Å². The van der Waals surface area contributed by atoms with Gasteiger partial charge < -0.3 is 16.2 Å². The highest BCUT2D eigenvalue weighted by Crippen LogP contribution is 2.25. The predicted octanol–water partition coefficient (Wildman–Crippen LogP) is 1.77. The summed E-state index contributed by atoms with van der Waals surface area (Å²) in [6, 6.07) is 8.18. The fraction of sp³-hybridized carbons (Fsp3) is 0.538. The molecule has 0 radical (unpaired) electrons. The highest BCUT2D eigenvalue weighted by Gasteiger charge is 2.17. The van der Waals surface area contributed by atoms with Crippen molar-refractivity contribution < 1.29 is 5.11 Å². The van der Waals surface area contributed by atoms with Gasteiger partial charge in [-0.15, -0.1) is 11.8 Å². The molecule has 0 heterocycles. The molecule has 0 bridgehead atoms. The van der Waals surface area contributed by atoms with Crippen molar-refractivity contribution in [2.75, 3.05) is 13.6 Å². The van der Waals surface area contributed by atoms with Gasteiger partial charge in [0.15, 0.2) is 0 Å². The molecule has 2 atom stereocenters. The molecule has 0 saturated heterocycles. The number of nitrogens with one attached hydrogen (secondary N) is 1. The number of likely N-dealkylation sites (N-methyl/N-ethyl adjacent to an activating group) is 1. The number of aliphatic hydroxyl groups excluding tert-OH is 1. The molecule has 0 aliphatic heterocycles. The summed E-state index contributed by atoms with van der Waals surface area (Å²) in [6.45, 7) is 4.61. The van der Waals surface area contributed by atoms with Gasteiger partial charge in [-0.1, -0.05) is 26.0 Å². The van der Waals surface area contributed by atoms with Gasteiger partial charge in [-0.2, -0.15) is 0 Å². The molecule has 0 amide bonds. The van der Waals surface area contributed by atoms with Crippen LogP contribution < -0.4 is 11.1 Å². The van der Waals surface area contributed by atoms with E-state index in [1.165, 1.54) is 4.90 Å². The molecule has 17 heavy (non-hydrogen) atoms. The smallest absolute Gasteiger partial charge is 0.0856 e. The Labute approximate surface area is 108 Å². The zero-order valence-electron chi connectivity index (χ0n) is 10.7. The molecule has 1 aromatic rings. The first kappa shape index (κ1) is 14.5. The molecule has 96 valence electrons. The van der Waals surface area contributed by atoms with E-state index >= 15 is 0 Å². The molecule has 0 aromatic heterocycles. The van der Waals surface area contributed by atoms with Crippen molar-refractivity contribution in [2.45, 2.75) is 36.1 Å². The maximum atomic E-state index is 9.79. The van der Waals surface area contributed by atoms with Crippen LogP contribution in [0.2, 0.25) is 0 Å². The molecule has 0 fully saturated rings. The Kier molecular flexibility index (Phi) is 5.98. The molecule has 4 N–H and O–H groups in total. The van der Waals surface area contributed by atoms with Gasteiger partial charge in [0.05, 0.1) is 12.1 Å². The highest BCUT2D eigenvalue weighted by molar-refractivity contribution is 7.99. The van der Waals surface area contributed by atoms with Crippen molar-refractivity contribution in [3.63, 3.8) is 0 Å². The summed E-state index contributed by atoms with van der Waals surface area (Å²) in [5.74, 6) is 0. The summed E-state index contributed by atoms with van der Waals surface area (Å²) in [7, 11) is 1.83. The summed E-state index contributed by atoms with van der Waals surface area (Å²) in [5, 5.41) is 13.5. The Morgan fingerprint density at radius 1 is 1.29 bits per heavy atom. The van der Waals surface area contributed by atoms with E-state index in [1.54, 1.807) is 0 Å². The number of hydrogen-bond donors (Lipinski definition) is 3. The molecule has 3 nitrogen and oxygen atoms in total. The van der Waals surface area contributed by atoms with Gasteiger partial charge in [0.1, 0.15) is 0 Å². The monoisotopic (exact) mass is 254 g/mol. The zero-order chi connectivity index (χ0) is 12.8. The first-order chi connectivity index (χ1) is 8.08. The van der Waals surface area contributed by atoms with Crippen LogP contribution in [0.3, 0.4) is 0 Å². The quantitative estimate of drug-likeness (QED) is 0.677. The summed E-state index contributed by atoms with van der Waals surface area (Å²) in [4.78, 5) is 1.25. The van der Waals surface area contributed by atoms with Crippen LogP contribution >= 0.6 is 11.8 Å². The van der Waals surface area contributed by atoms with E-state index in [4.69, 9.17) is 5.73 Å². The molecule has 0 aliphatic rings. The minimum Gasteiger partial charge on any atom is -0.390 e. The van der Waals surface area contributed by atoms with Gasteiger partial charge in [-0.3, -0.25) is 0 Å². The molecule has 2 unspecified atom stereocenters. The lowest BCUT2D eigenvalue weighted by Gasteiger charge is -2.21. The van der Waals surface area contributed by atoms with Crippen molar-refractivity contribution in [3.05, 3.63) is 29.8 Å². The largest absolute Gasteiger partial charge is 0.390 e. The van der Waals surface area contributed by atoms with Gasteiger partial charge in [0, 0.05) is 16.7 Å². The third-order valence-electron chi connectivity index (χ3n) is 2.55. The number of aliphatic hydroxyl groups is 1. The van der Waals surface area contributed by atoms with E-state index < -0.39 is 6.10 Å². The number of hydrogen-bond acceptors (Lipinski definition) is 4. The molecule has 1 rings (SSSR count). The Morgan fingerprint density at radius 2 is 1.88 bits per heavy atom. The fourth-order valence-electron chi connectivity index (χ4n) is 1.74. The maximum Gasteiger partial charge on any atom is 0.0856 e. The Balaban J connectivity index is 2.77. The molecule has 0 saturated carbocycles. The van der Waals surface area contributed by atoms with E-state index in [0.717, 1.165) is 5.56 Å². The second-order valence-corrected chi connectivity index (χ2v) is 5.95. The van der Waals surface area contributed by atoms with Crippen LogP contribution in [0.15, 0.2) is 29.2 Å². The van der Waals surface area contributed by atoms with Crippen molar-refractivity contribution in [3.8, 4) is 0 Å². The Morgan fingerprint density at radius 3 is 2.29 bits per heavy atom. The first-order valence-corrected chi connectivity index (χ1v) is 6.78. The average molecular weight is 254 g/mol. The minimum absolute atomic E-state index is 0.0990. The maximum absolute atomic E-state index is 9.79. The van der Waals surface area contributed by atoms with E-state index in [0.29, 0.717) is 5.25 Å². The molecule has 1 aromatic carbocycles. The Hall–Kier alpha value is -0.550. The van der Waals surface area contributed by atoms with Crippen molar-refractivity contribution in [1.29, 1.82) is 0 Å². The van der Waals surface area contributed by atoms with E-state index in [9.17, 15) is 5.11 Å². The van der Waals surface area contributed by atoms with E-state index in [1.807, 2.05) is 30.9 Å². The summed E-state index contributed by atoms with van der Waals surface area (Å²) < 4.78 is 0. The molecule has 0 aliphatic carbocycles. The van der Waals surface area contributed by atoms with Crippen LogP contribution in [0.1, 0.15) is 25.5 Å². The van der Waals surface area contributed by atoms with Crippen molar-refractivity contribution >= 4 is 11.8 Å². The zero-order valence-corrected chi connectivity index (χ0v) is 11.5. The molecule has 4 heteroatoms. The second-order valence-electron chi connectivity index (χ2n) is 4.31. The average Bonchev–Trinajstić information content (AvgIpc) is 2.31. The molecule has 0 spiro atoms. The third-order valence-corrected chi connectivity index (χ3v) is 3.56. The topological polar surface area (TPSA) is 58.3 Å². The van der Waals surface area contributed by atoms with Crippen LogP contribution in [0.5, 0.6) is 0 Å². The lowest BCUT2D eigenvalue weighted by atomic mass is 10.0. The van der Waals surface area contributed by atoms with Gasteiger partial charge in [0.2, 0.25) is 0 Å². The molecular formula is C13H22N2OS. The molecular weight excluding hydrogens is 232 g/mol. The van der Waals surface area contributed by atoms with E-state index in [-0.39, 0.29) is 12.6 Å². The van der Waals surface area contributed by atoms with Crippen molar-refractivity contribution in [1.82, 2.24) is 5.32 Å². The SMILES string of the molecule is CNC(c1ccc(SC(C)C)cc1)C(O)CN. The van der Waals surface area contributed by atoms with Crippen molar-refractivity contribution in [2.24, 2.45) is 5.73 Å². The number of rotatable bonds is 6. The second kappa shape index (κ2) is 7.01. The van der Waals surface area contributed by atoms with Crippen LogP contribution in [0, 0.1) is 0 Å². The van der Waals surface area contributed by atoms with Gasteiger partial charge in [0.25, 0.3) is 0 Å². The van der Waals surface area contributed by atoms with E-state index in [2.05, 4.69) is 31.3 Å².